The predicted octanol–water partition coefficient (Wildman–Crippen LogP) is 5.59. The zero-order valence-electron chi connectivity index (χ0n) is 19.9. The van der Waals surface area contributed by atoms with Gasteiger partial charge in [0, 0.05) is 66.8 Å². The number of aromatic nitrogens is 1. The molecule has 0 aliphatic carbocycles. The molecule has 0 saturated carbocycles. The van der Waals surface area contributed by atoms with Crippen LogP contribution in [0.4, 0.5) is 5.69 Å². The number of fused-ring (bicyclic) bond motifs is 3. The monoisotopic (exact) mass is 502 g/mol. The van der Waals surface area contributed by atoms with Gasteiger partial charge in [-0.3, -0.25) is 9.69 Å². The highest BCUT2D eigenvalue weighted by Crippen LogP contribution is 2.31. The Morgan fingerprint density at radius 1 is 0.914 bits per heavy atom. The van der Waals surface area contributed by atoms with Gasteiger partial charge in [0.05, 0.1) is 5.75 Å². The molecule has 1 amide bonds. The summed E-state index contributed by atoms with van der Waals surface area (Å²) in [6.45, 7) is 7.80. The Hall–Kier alpha value is -2.87. The van der Waals surface area contributed by atoms with Crippen molar-refractivity contribution in [3.63, 3.8) is 0 Å². The molecule has 1 N–H and O–H groups in total. The van der Waals surface area contributed by atoms with Crippen molar-refractivity contribution in [1.29, 1.82) is 0 Å². The Morgan fingerprint density at radius 2 is 1.63 bits per heavy atom. The van der Waals surface area contributed by atoms with E-state index in [4.69, 9.17) is 12.2 Å². The van der Waals surface area contributed by atoms with Crippen LogP contribution in [-0.2, 0) is 17.9 Å². The van der Waals surface area contributed by atoms with Gasteiger partial charge in [-0.1, -0.05) is 72.5 Å². The smallest absolute Gasteiger partial charge is 0.234 e. The number of nitrogens with zero attached hydrogens (tertiary/aromatic N) is 3. The number of para-hydroxylation sites is 1. The molecule has 1 aliphatic rings. The van der Waals surface area contributed by atoms with Gasteiger partial charge in [-0.05, 0) is 36.8 Å². The molecule has 5 nitrogen and oxygen atoms in total. The molecule has 7 heteroatoms. The van der Waals surface area contributed by atoms with Crippen molar-refractivity contribution in [3.8, 4) is 0 Å². The van der Waals surface area contributed by atoms with E-state index in [1.54, 1.807) is 0 Å². The molecule has 35 heavy (non-hydrogen) atoms. The number of nitrogens with one attached hydrogen (secondary N) is 1. The van der Waals surface area contributed by atoms with Crippen LogP contribution in [0.3, 0.4) is 0 Å². The molecule has 180 valence electrons. The fourth-order valence-corrected chi connectivity index (χ4v) is 5.87. The van der Waals surface area contributed by atoms with Crippen LogP contribution in [-0.4, -0.2) is 56.5 Å². The Labute approximate surface area is 216 Å². The van der Waals surface area contributed by atoms with Crippen molar-refractivity contribution in [2.24, 2.45) is 0 Å². The van der Waals surface area contributed by atoms with Gasteiger partial charge in [0.2, 0.25) is 5.91 Å². The van der Waals surface area contributed by atoms with E-state index in [0.29, 0.717) is 5.75 Å². The van der Waals surface area contributed by atoms with E-state index < -0.39 is 0 Å². The molecule has 1 aromatic heterocycles. The van der Waals surface area contributed by atoms with Gasteiger partial charge in [-0.2, -0.15) is 0 Å². The Kier molecular flexibility index (Phi) is 7.37. The summed E-state index contributed by atoms with van der Waals surface area (Å²) in [5, 5.41) is 5.44. The molecule has 1 aliphatic heterocycles. The Balaban J connectivity index is 1.14. The summed E-state index contributed by atoms with van der Waals surface area (Å²) in [7, 11) is 0. The fourth-order valence-electron chi connectivity index (χ4n) is 4.82. The minimum atomic E-state index is -0.0290. The molecular weight excluding hydrogens is 472 g/mol. The number of carbonyl (C=O) groups is 1. The number of carbonyl (C=O) groups excluding carboxylic acids is 1. The van der Waals surface area contributed by atoms with Crippen molar-refractivity contribution in [3.05, 3.63) is 78.4 Å². The zero-order valence-corrected chi connectivity index (χ0v) is 21.6. The molecule has 0 atom stereocenters. The number of benzene rings is 3. The lowest BCUT2D eigenvalue weighted by Crippen LogP contribution is -2.47. The van der Waals surface area contributed by atoms with Crippen LogP contribution in [0.25, 0.3) is 21.8 Å². The third-order valence-electron chi connectivity index (χ3n) is 6.58. The van der Waals surface area contributed by atoms with E-state index in [9.17, 15) is 4.79 Å². The number of rotatable bonds is 6. The average Bonchev–Trinajstić information content (AvgIpc) is 3.21. The van der Waals surface area contributed by atoms with E-state index in [-0.39, 0.29) is 5.91 Å². The third-order valence-corrected chi connectivity index (χ3v) is 8.10. The molecular formula is C28H30N4OS2. The molecule has 3 aromatic carbocycles. The predicted molar refractivity (Wildman–Crippen MR) is 152 cm³/mol. The molecule has 1 saturated heterocycles. The molecule has 0 spiro atoms. The van der Waals surface area contributed by atoms with Gasteiger partial charge < -0.3 is 14.8 Å². The lowest BCUT2D eigenvalue weighted by Gasteiger charge is -2.35. The summed E-state index contributed by atoms with van der Waals surface area (Å²) < 4.78 is 3.12. The van der Waals surface area contributed by atoms with Crippen molar-refractivity contribution < 1.29 is 4.79 Å². The minimum Gasteiger partial charge on any atom is -0.355 e. The van der Waals surface area contributed by atoms with Crippen LogP contribution in [0.15, 0.2) is 72.8 Å². The maximum atomic E-state index is 12.7. The highest BCUT2D eigenvalue weighted by atomic mass is 32.2. The van der Waals surface area contributed by atoms with Crippen molar-refractivity contribution in [2.75, 3.05) is 37.2 Å². The van der Waals surface area contributed by atoms with Crippen LogP contribution < -0.4 is 5.32 Å². The van der Waals surface area contributed by atoms with Crippen LogP contribution in [0.1, 0.15) is 12.5 Å². The summed E-state index contributed by atoms with van der Waals surface area (Å²) in [6.07, 6.45) is 0. The first-order chi connectivity index (χ1) is 17.1. The average molecular weight is 503 g/mol. The maximum absolute atomic E-state index is 12.7. The van der Waals surface area contributed by atoms with Gasteiger partial charge >= 0.3 is 0 Å². The number of hydrogen-bond acceptors (Lipinski definition) is 4. The number of thioether (sulfide) groups is 1. The number of thiocarbonyl (C=S) groups is 1. The second-order valence-corrected chi connectivity index (χ2v) is 10.5. The lowest BCUT2D eigenvalue weighted by atomic mass is 10.1. The zero-order chi connectivity index (χ0) is 24.2. The molecule has 5 rings (SSSR count). The SMILES string of the molecule is CCn1c2ccccc2c2cc(NC(=O)CSC(=S)N3CCN(Cc4ccccc4)CC3)ccc21. The molecule has 4 aromatic rings. The van der Waals surface area contributed by atoms with Crippen LogP contribution >= 0.6 is 24.0 Å². The minimum absolute atomic E-state index is 0.0290. The molecule has 0 radical (unpaired) electrons. The number of aryl methyl sites for hydroxylation is 1. The van der Waals surface area contributed by atoms with Gasteiger partial charge in [0.15, 0.2) is 0 Å². The van der Waals surface area contributed by atoms with E-state index in [0.717, 1.165) is 54.7 Å². The number of piperazine rings is 1. The topological polar surface area (TPSA) is 40.5 Å². The van der Waals surface area contributed by atoms with E-state index in [1.807, 2.05) is 6.07 Å². The summed E-state index contributed by atoms with van der Waals surface area (Å²) in [6, 6.07) is 25.2. The van der Waals surface area contributed by atoms with Crippen molar-refractivity contribution >= 4 is 61.7 Å². The number of anilines is 1. The van der Waals surface area contributed by atoms with Crippen LogP contribution in [0, 0.1) is 0 Å². The normalized spacial score (nSPS) is 14.5. The van der Waals surface area contributed by atoms with Crippen LogP contribution in [0.2, 0.25) is 0 Å². The Morgan fingerprint density at radius 3 is 2.40 bits per heavy atom. The Bertz CT molecular complexity index is 1340. The van der Waals surface area contributed by atoms with Gasteiger partial charge in [-0.25, -0.2) is 0 Å². The van der Waals surface area contributed by atoms with E-state index in [2.05, 4.69) is 93.3 Å². The number of hydrogen-bond donors (Lipinski definition) is 1. The van der Waals surface area contributed by atoms with Gasteiger partial charge in [0.25, 0.3) is 0 Å². The van der Waals surface area contributed by atoms with Gasteiger partial charge in [0.1, 0.15) is 4.32 Å². The summed E-state index contributed by atoms with van der Waals surface area (Å²) >= 11 is 7.10. The fraction of sp³-hybridized carbons (Fsp3) is 0.286. The summed E-state index contributed by atoms with van der Waals surface area (Å²) in [4.78, 5) is 17.4. The van der Waals surface area contributed by atoms with Crippen LogP contribution in [0.5, 0.6) is 0 Å². The van der Waals surface area contributed by atoms with Crippen molar-refractivity contribution in [1.82, 2.24) is 14.4 Å². The number of amides is 1. The first-order valence-electron chi connectivity index (χ1n) is 12.1. The first kappa shape index (κ1) is 23.9. The van der Waals surface area contributed by atoms with Crippen molar-refractivity contribution in [2.45, 2.75) is 20.0 Å². The maximum Gasteiger partial charge on any atom is 0.234 e. The van der Waals surface area contributed by atoms with E-state index in [1.165, 1.54) is 33.7 Å². The second kappa shape index (κ2) is 10.8. The molecule has 0 bridgehead atoms. The highest BCUT2D eigenvalue weighted by Gasteiger charge is 2.20. The quantitative estimate of drug-likeness (QED) is 0.348. The third kappa shape index (κ3) is 5.37. The standard InChI is InChI=1S/C28H30N4OS2/c1-2-32-25-11-7-6-10-23(25)24-18-22(12-13-26(24)32)29-27(33)20-35-28(34)31-16-14-30(15-17-31)19-21-8-4-3-5-9-21/h3-13,18H,2,14-17,19-20H2,1H3,(H,29,33). The summed E-state index contributed by atoms with van der Waals surface area (Å²) in [5.41, 5.74) is 4.57. The molecule has 0 unspecified atom stereocenters. The highest BCUT2D eigenvalue weighted by molar-refractivity contribution is 8.23. The first-order valence-corrected chi connectivity index (χ1v) is 13.5. The molecule has 1 fully saturated rings. The van der Waals surface area contributed by atoms with E-state index >= 15 is 0 Å². The second-order valence-electron chi connectivity index (χ2n) is 8.84. The largest absolute Gasteiger partial charge is 0.355 e. The lowest BCUT2D eigenvalue weighted by molar-refractivity contribution is -0.113. The molecule has 2 heterocycles. The van der Waals surface area contributed by atoms with Gasteiger partial charge in [-0.15, -0.1) is 0 Å². The summed E-state index contributed by atoms with van der Waals surface area (Å²) in [5.74, 6) is 0.288.